The van der Waals surface area contributed by atoms with Crippen molar-refractivity contribution in [2.24, 2.45) is 11.3 Å². The summed E-state index contributed by atoms with van der Waals surface area (Å²) in [6.07, 6.45) is -0.375. The lowest BCUT2D eigenvalue weighted by atomic mass is 9.87. The topological polar surface area (TPSA) is 129 Å². The summed E-state index contributed by atoms with van der Waals surface area (Å²) in [5.41, 5.74) is -0.689. The van der Waals surface area contributed by atoms with Gasteiger partial charge in [-0.15, -0.1) is 0 Å². The average Bonchev–Trinajstić information content (AvgIpc) is 3.11. The molecule has 1 unspecified atom stereocenters. The number of nitrogens with one attached hydrogen (secondary N) is 2. The van der Waals surface area contributed by atoms with Crippen molar-refractivity contribution >= 4 is 25.4 Å². The Labute approximate surface area is 164 Å². The highest BCUT2D eigenvalue weighted by Gasteiger charge is 2.49. The van der Waals surface area contributed by atoms with Crippen LogP contribution in [-0.2, 0) is 37.5 Å². The standard InChI is InChI=1S/C17H29N2O8P/c1-17(2)10-26-28(23,9-11-7-12(19-8-11)16(22)25-4)27-14(17)15(21)18-6-5-13(20)24-3/h11-12,14,19H,5-10H2,1-4H3,(H,18,21)/t11-,12-,14+,28?/m1/s1. The Kier molecular flexibility index (Phi) is 7.61. The van der Waals surface area contributed by atoms with Crippen LogP contribution in [0.2, 0.25) is 0 Å². The summed E-state index contributed by atoms with van der Waals surface area (Å²) in [7, 11) is -0.930. The Morgan fingerprint density at radius 1 is 1.25 bits per heavy atom. The van der Waals surface area contributed by atoms with E-state index in [-0.39, 0.29) is 37.6 Å². The van der Waals surface area contributed by atoms with Gasteiger partial charge in [0.2, 0.25) is 5.91 Å². The number of amides is 1. The van der Waals surface area contributed by atoms with Crippen molar-refractivity contribution in [3.63, 3.8) is 0 Å². The van der Waals surface area contributed by atoms with Crippen LogP contribution in [0.25, 0.3) is 0 Å². The molecule has 2 N–H and O–H groups in total. The third-order valence-electron chi connectivity index (χ3n) is 4.89. The van der Waals surface area contributed by atoms with Crippen molar-refractivity contribution in [2.45, 2.75) is 38.8 Å². The molecule has 1 amide bonds. The first-order valence-corrected chi connectivity index (χ1v) is 10.9. The minimum absolute atomic E-state index is 0.0339. The van der Waals surface area contributed by atoms with Gasteiger partial charge in [-0.3, -0.25) is 23.5 Å². The highest BCUT2D eigenvalue weighted by Crippen LogP contribution is 2.57. The van der Waals surface area contributed by atoms with Crippen molar-refractivity contribution in [1.82, 2.24) is 10.6 Å². The molecule has 2 fully saturated rings. The Morgan fingerprint density at radius 2 is 1.96 bits per heavy atom. The Morgan fingerprint density at radius 3 is 2.61 bits per heavy atom. The largest absolute Gasteiger partial charge is 0.469 e. The molecular weight excluding hydrogens is 391 g/mol. The van der Waals surface area contributed by atoms with Crippen molar-refractivity contribution in [3.05, 3.63) is 0 Å². The average molecular weight is 420 g/mol. The number of rotatable bonds is 7. The van der Waals surface area contributed by atoms with Crippen LogP contribution < -0.4 is 10.6 Å². The first-order valence-electron chi connectivity index (χ1n) is 9.18. The first-order chi connectivity index (χ1) is 13.1. The van der Waals surface area contributed by atoms with Gasteiger partial charge in [0.15, 0.2) is 6.10 Å². The van der Waals surface area contributed by atoms with E-state index in [4.69, 9.17) is 13.8 Å². The Bertz CT molecular complexity index is 653. The van der Waals surface area contributed by atoms with Gasteiger partial charge >= 0.3 is 19.5 Å². The normalized spacial score (nSPS) is 31.8. The highest BCUT2D eigenvalue weighted by molar-refractivity contribution is 7.54. The highest BCUT2D eigenvalue weighted by atomic mass is 31.2. The van der Waals surface area contributed by atoms with E-state index < -0.39 is 37.0 Å². The molecule has 0 aromatic heterocycles. The quantitative estimate of drug-likeness (QED) is 0.445. The van der Waals surface area contributed by atoms with Gasteiger partial charge in [-0.25, -0.2) is 0 Å². The molecule has 0 aromatic carbocycles. The summed E-state index contributed by atoms with van der Waals surface area (Å²) in [4.78, 5) is 35.4. The number of hydrogen-bond donors (Lipinski definition) is 2. The van der Waals surface area contributed by atoms with Gasteiger partial charge in [0.25, 0.3) is 0 Å². The lowest BCUT2D eigenvalue weighted by Crippen LogP contribution is -2.50. The Hall–Kier alpha value is -1.48. The molecule has 2 aliphatic rings. The van der Waals surface area contributed by atoms with Gasteiger partial charge in [-0.2, -0.15) is 0 Å². The molecule has 2 aliphatic heterocycles. The predicted octanol–water partition coefficient (Wildman–Crippen LogP) is 0.452. The lowest BCUT2D eigenvalue weighted by molar-refractivity contribution is -0.143. The van der Waals surface area contributed by atoms with Crippen LogP contribution in [0.4, 0.5) is 0 Å². The SMILES string of the molecule is COC(=O)CCNC(=O)[C@@H]1OP(=O)(C[C@H]2CN[C@@H](C(=O)OC)C2)OCC1(C)C. The minimum Gasteiger partial charge on any atom is -0.469 e. The number of methoxy groups -OCH3 is 2. The molecule has 0 radical (unpaired) electrons. The smallest absolute Gasteiger partial charge is 0.331 e. The van der Waals surface area contributed by atoms with Crippen LogP contribution in [0.15, 0.2) is 0 Å². The number of ether oxygens (including phenoxy) is 2. The van der Waals surface area contributed by atoms with Crippen LogP contribution in [0.3, 0.4) is 0 Å². The van der Waals surface area contributed by atoms with E-state index in [1.165, 1.54) is 14.2 Å². The number of hydrogen-bond acceptors (Lipinski definition) is 9. The van der Waals surface area contributed by atoms with E-state index in [0.29, 0.717) is 13.0 Å². The van der Waals surface area contributed by atoms with Gasteiger partial charge in [-0.1, -0.05) is 13.8 Å². The number of carbonyl (C=O) groups is 3. The van der Waals surface area contributed by atoms with Crippen LogP contribution in [-0.4, -0.2) is 70.1 Å². The summed E-state index contributed by atoms with van der Waals surface area (Å²) in [6.45, 7) is 4.24. The zero-order valence-corrected chi connectivity index (χ0v) is 17.6. The first kappa shape index (κ1) is 22.8. The molecule has 4 atom stereocenters. The summed E-state index contributed by atoms with van der Waals surface area (Å²) < 4.78 is 33.6. The van der Waals surface area contributed by atoms with Gasteiger partial charge in [-0.05, 0) is 18.9 Å². The fraction of sp³-hybridized carbons (Fsp3) is 0.824. The zero-order chi connectivity index (χ0) is 20.9. The van der Waals surface area contributed by atoms with Crippen LogP contribution in [0.5, 0.6) is 0 Å². The molecule has 2 saturated heterocycles. The zero-order valence-electron chi connectivity index (χ0n) is 16.7. The number of esters is 2. The molecule has 0 aromatic rings. The summed E-state index contributed by atoms with van der Waals surface area (Å²) >= 11 is 0. The van der Waals surface area contributed by atoms with Crippen LogP contribution >= 0.6 is 7.60 Å². The van der Waals surface area contributed by atoms with E-state index in [9.17, 15) is 18.9 Å². The molecule has 0 bridgehead atoms. The third-order valence-corrected chi connectivity index (χ3v) is 6.91. The van der Waals surface area contributed by atoms with E-state index in [1.54, 1.807) is 13.8 Å². The van der Waals surface area contributed by atoms with Gasteiger partial charge in [0.1, 0.15) is 6.04 Å². The monoisotopic (exact) mass is 420 g/mol. The summed E-state index contributed by atoms with van der Waals surface area (Å²) in [6, 6.07) is -0.444. The van der Waals surface area contributed by atoms with Gasteiger partial charge in [0.05, 0.1) is 33.4 Å². The molecule has 2 heterocycles. The minimum atomic E-state index is -3.52. The maximum atomic E-state index is 13.1. The van der Waals surface area contributed by atoms with Crippen LogP contribution in [0.1, 0.15) is 26.7 Å². The molecule has 0 saturated carbocycles. The molecule has 0 aliphatic carbocycles. The third kappa shape index (κ3) is 5.76. The molecular formula is C17H29N2O8P. The Balaban J connectivity index is 1.96. The molecule has 0 spiro atoms. The second kappa shape index (κ2) is 9.35. The van der Waals surface area contributed by atoms with Crippen molar-refractivity contribution in [3.8, 4) is 0 Å². The van der Waals surface area contributed by atoms with E-state index >= 15 is 0 Å². The van der Waals surface area contributed by atoms with E-state index in [0.717, 1.165) is 0 Å². The fourth-order valence-corrected chi connectivity index (χ4v) is 5.64. The van der Waals surface area contributed by atoms with E-state index in [1.807, 2.05) is 0 Å². The molecule has 28 heavy (non-hydrogen) atoms. The maximum absolute atomic E-state index is 13.1. The fourth-order valence-electron chi connectivity index (χ4n) is 3.24. The molecule has 160 valence electrons. The van der Waals surface area contributed by atoms with Crippen molar-refractivity contribution in [1.29, 1.82) is 0 Å². The molecule has 11 heteroatoms. The predicted molar refractivity (Wildman–Crippen MR) is 98.6 cm³/mol. The lowest BCUT2D eigenvalue weighted by Gasteiger charge is -2.40. The van der Waals surface area contributed by atoms with Gasteiger partial charge < -0.3 is 24.6 Å². The van der Waals surface area contributed by atoms with Crippen LogP contribution in [0, 0.1) is 11.3 Å². The molecule has 10 nitrogen and oxygen atoms in total. The molecule has 2 rings (SSSR count). The van der Waals surface area contributed by atoms with Crippen molar-refractivity contribution < 1.29 is 37.5 Å². The second-order valence-corrected chi connectivity index (χ2v) is 9.80. The number of carbonyl (C=O) groups excluding carboxylic acids is 3. The summed E-state index contributed by atoms with van der Waals surface area (Å²) in [5, 5.41) is 5.65. The van der Waals surface area contributed by atoms with Crippen molar-refractivity contribution in [2.75, 3.05) is 40.1 Å². The van der Waals surface area contributed by atoms with E-state index in [2.05, 4.69) is 15.4 Å². The summed E-state index contributed by atoms with van der Waals surface area (Å²) in [5.74, 6) is -1.35. The van der Waals surface area contributed by atoms with Gasteiger partial charge in [0, 0.05) is 12.0 Å². The maximum Gasteiger partial charge on any atom is 0.331 e. The second-order valence-electron chi connectivity index (χ2n) is 7.74.